The third-order valence-electron chi connectivity index (χ3n) is 3.10. The standard InChI is InChI=1S/C12H21N3OS/c1-9(7-11-5-4-6-17-11)15(3)10(2)8-12(13)14-16/h4-6,9-10,16H,7-8H2,1-3H3,(H2,13,14). The predicted molar refractivity (Wildman–Crippen MR) is 72.7 cm³/mol. The number of oxime groups is 1. The molecule has 0 aromatic carbocycles. The number of likely N-dealkylation sites (N-methyl/N-ethyl adjacent to an activating group) is 1. The molecular formula is C12H21N3OS. The second-order valence-corrected chi connectivity index (χ2v) is 5.47. The molecule has 0 saturated carbocycles. The highest BCUT2D eigenvalue weighted by Gasteiger charge is 2.17. The summed E-state index contributed by atoms with van der Waals surface area (Å²) in [5.74, 6) is 0.285. The van der Waals surface area contributed by atoms with Crippen molar-refractivity contribution >= 4 is 17.2 Å². The summed E-state index contributed by atoms with van der Waals surface area (Å²) in [6, 6.07) is 4.94. The molecule has 0 bridgehead atoms. The fourth-order valence-corrected chi connectivity index (χ4v) is 2.61. The van der Waals surface area contributed by atoms with E-state index in [2.05, 4.69) is 48.5 Å². The van der Waals surface area contributed by atoms with Crippen LogP contribution in [0.3, 0.4) is 0 Å². The molecule has 1 aromatic rings. The summed E-state index contributed by atoms with van der Waals surface area (Å²) in [7, 11) is 2.08. The Labute approximate surface area is 107 Å². The molecule has 1 rings (SSSR count). The van der Waals surface area contributed by atoms with E-state index in [0.717, 1.165) is 6.42 Å². The highest BCUT2D eigenvalue weighted by atomic mass is 32.1. The molecule has 0 aliphatic rings. The zero-order valence-electron chi connectivity index (χ0n) is 10.6. The molecule has 1 heterocycles. The summed E-state index contributed by atoms with van der Waals surface area (Å²) in [4.78, 5) is 3.65. The highest BCUT2D eigenvalue weighted by molar-refractivity contribution is 7.09. The van der Waals surface area contributed by atoms with Crippen molar-refractivity contribution in [1.29, 1.82) is 0 Å². The number of hydrogen-bond donors (Lipinski definition) is 2. The smallest absolute Gasteiger partial charge is 0.140 e. The van der Waals surface area contributed by atoms with Crippen LogP contribution >= 0.6 is 11.3 Å². The zero-order valence-corrected chi connectivity index (χ0v) is 11.4. The van der Waals surface area contributed by atoms with Crippen LogP contribution in [0.25, 0.3) is 0 Å². The number of rotatable bonds is 6. The lowest BCUT2D eigenvalue weighted by molar-refractivity contribution is 0.198. The molecule has 96 valence electrons. The average Bonchev–Trinajstić information content (AvgIpc) is 2.80. The summed E-state index contributed by atoms with van der Waals surface area (Å²) in [6.07, 6.45) is 1.62. The van der Waals surface area contributed by atoms with Crippen LogP contribution in [0.4, 0.5) is 0 Å². The molecule has 17 heavy (non-hydrogen) atoms. The van der Waals surface area contributed by atoms with Gasteiger partial charge in [0, 0.05) is 23.4 Å². The van der Waals surface area contributed by atoms with Gasteiger partial charge in [-0.15, -0.1) is 11.3 Å². The van der Waals surface area contributed by atoms with E-state index in [4.69, 9.17) is 10.9 Å². The van der Waals surface area contributed by atoms with Crippen LogP contribution in [0, 0.1) is 0 Å². The van der Waals surface area contributed by atoms with Crippen molar-refractivity contribution in [2.24, 2.45) is 10.9 Å². The summed E-state index contributed by atoms with van der Waals surface area (Å²) >= 11 is 1.78. The second-order valence-electron chi connectivity index (χ2n) is 4.44. The molecule has 5 heteroatoms. The summed E-state index contributed by atoms with van der Waals surface area (Å²) in [5, 5.41) is 13.7. The second kappa shape index (κ2) is 6.61. The number of amidine groups is 1. The summed E-state index contributed by atoms with van der Waals surface area (Å²) in [6.45, 7) is 4.28. The van der Waals surface area contributed by atoms with Crippen molar-refractivity contribution in [2.45, 2.75) is 38.8 Å². The first-order valence-electron chi connectivity index (χ1n) is 5.75. The third-order valence-corrected chi connectivity index (χ3v) is 4.00. The van der Waals surface area contributed by atoms with E-state index < -0.39 is 0 Å². The van der Waals surface area contributed by atoms with E-state index in [1.807, 2.05) is 0 Å². The van der Waals surface area contributed by atoms with Crippen LogP contribution in [-0.2, 0) is 6.42 Å². The first-order chi connectivity index (χ1) is 8.04. The van der Waals surface area contributed by atoms with Gasteiger partial charge in [-0.25, -0.2) is 0 Å². The normalized spacial score (nSPS) is 16.1. The fraction of sp³-hybridized carbons (Fsp3) is 0.583. The van der Waals surface area contributed by atoms with E-state index in [1.165, 1.54) is 4.88 Å². The summed E-state index contributed by atoms with van der Waals surface area (Å²) < 4.78 is 0. The molecule has 1 aromatic heterocycles. The van der Waals surface area contributed by atoms with Crippen LogP contribution in [0.15, 0.2) is 22.7 Å². The number of nitrogens with two attached hydrogens (primary N) is 1. The van der Waals surface area contributed by atoms with Gasteiger partial charge in [0.15, 0.2) is 0 Å². The molecular weight excluding hydrogens is 234 g/mol. The monoisotopic (exact) mass is 255 g/mol. The molecule has 3 N–H and O–H groups in total. The van der Waals surface area contributed by atoms with Crippen LogP contribution < -0.4 is 5.73 Å². The molecule has 0 amide bonds. The zero-order chi connectivity index (χ0) is 12.8. The van der Waals surface area contributed by atoms with Gasteiger partial charge in [0.1, 0.15) is 5.84 Å². The molecule has 0 fully saturated rings. The van der Waals surface area contributed by atoms with Crippen molar-refractivity contribution in [1.82, 2.24) is 4.90 Å². The first kappa shape index (κ1) is 14.0. The topological polar surface area (TPSA) is 61.9 Å². The van der Waals surface area contributed by atoms with Gasteiger partial charge in [0.2, 0.25) is 0 Å². The van der Waals surface area contributed by atoms with E-state index >= 15 is 0 Å². The minimum atomic E-state index is 0.265. The van der Waals surface area contributed by atoms with Gasteiger partial charge in [-0.2, -0.15) is 0 Å². The van der Waals surface area contributed by atoms with Gasteiger partial charge in [-0.3, -0.25) is 0 Å². The largest absolute Gasteiger partial charge is 0.409 e. The van der Waals surface area contributed by atoms with Gasteiger partial charge in [0.25, 0.3) is 0 Å². The molecule has 0 spiro atoms. The fourth-order valence-electron chi connectivity index (χ4n) is 1.79. The van der Waals surface area contributed by atoms with Gasteiger partial charge < -0.3 is 15.8 Å². The van der Waals surface area contributed by atoms with Crippen molar-refractivity contribution < 1.29 is 5.21 Å². The van der Waals surface area contributed by atoms with Gasteiger partial charge in [0.05, 0.1) is 0 Å². The van der Waals surface area contributed by atoms with Crippen LogP contribution in [0.2, 0.25) is 0 Å². The van der Waals surface area contributed by atoms with E-state index in [1.54, 1.807) is 11.3 Å². The van der Waals surface area contributed by atoms with Crippen LogP contribution in [0.5, 0.6) is 0 Å². The van der Waals surface area contributed by atoms with Crippen LogP contribution in [0.1, 0.15) is 25.1 Å². The number of hydrogen-bond acceptors (Lipinski definition) is 4. The molecule has 2 unspecified atom stereocenters. The molecule has 0 aliphatic heterocycles. The maximum atomic E-state index is 8.56. The van der Waals surface area contributed by atoms with E-state index in [9.17, 15) is 0 Å². The Bertz CT molecular complexity index is 351. The lowest BCUT2D eigenvalue weighted by Crippen LogP contribution is -2.40. The lowest BCUT2D eigenvalue weighted by atomic mass is 10.1. The molecule has 4 nitrogen and oxygen atoms in total. The van der Waals surface area contributed by atoms with E-state index in [-0.39, 0.29) is 11.9 Å². The predicted octanol–water partition coefficient (Wildman–Crippen LogP) is 2.14. The third kappa shape index (κ3) is 4.36. The van der Waals surface area contributed by atoms with E-state index in [0.29, 0.717) is 12.5 Å². The van der Waals surface area contributed by atoms with Gasteiger partial charge >= 0.3 is 0 Å². The lowest BCUT2D eigenvalue weighted by Gasteiger charge is -2.30. The molecule has 0 radical (unpaired) electrons. The maximum absolute atomic E-state index is 8.56. The summed E-state index contributed by atoms with van der Waals surface area (Å²) in [5.41, 5.74) is 5.52. The quantitative estimate of drug-likeness (QED) is 0.354. The Kier molecular flexibility index (Phi) is 5.44. The van der Waals surface area contributed by atoms with Crippen molar-refractivity contribution in [3.63, 3.8) is 0 Å². The average molecular weight is 255 g/mol. The molecule has 2 atom stereocenters. The SMILES string of the molecule is CC(CC(N)=NO)N(C)C(C)Cc1cccs1. The molecule has 0 saturated heterocycles. The maximum Gasteiger partial charge on any atom is 0.140 e. The minimum Gasteiger partial charge on any atom is -0.409 e. The Morgan fingerprint density at radius 1 is 1.53 bits per heavy atom. The van der Waals surface area contributed by atoms with Crippen molar-refractivity contribution in [2.75, 3.05) is 7.05 Å². The highest BCUT2D eigenvalue weighted by Crippen LogP contribution is 2.15. The Morgan fingerprint density at radius 3 is 2.76 bits per heavy atom. The van der Waals surface area contributed by atoms with Crippen LogP contribution in [-0.4, -0.2) is 35.1 Å². The van der Waals surface area contributed by atoms with Gasteiger partial charge in [-0.1, -0.05) is 11.2 Å². The Balaban J connectivity index is 2.48. The number of nitrogens with zero attached hydrogens (tertiary/aromatic N) is 2. The molecule has 0 aliphatic carbocycles. The first-order valence-corrected chi connectivity index (χ1v) is 6.63. The van der Waals surface area contributed by atoms with Crippen molar-refractivity contribution in [3.8, 4) is 0 Å². The van der Waals surface area contributed by atoms with Crippen molar-refractivity contribution in [3.05, 3.63) is 22.4 Å². The minimum absolute atomic E-state index is 0.265. The number of thiophene rings is 1. The van der Waals surface area contributed by atoms with Gasteiger partial charge in [-0.05, 0) is 38.8 Å². The Morgan fingerprint density at radius 2 is 2.24 bits per heavy atom. The Hall–Kier alpha value is -1.07.